The van der Waals surface area contributed by atoms with Gasteiger partial charge in [0.1, 0.15) is 11.4 Å². The van der Waals surface area contributed by atoms with Gasteiger partial charge in [-0.2, -0.15) is 5.10 Å². The van der Waals surface area contributed by atoms with Crippen LogP contribution < -0.4 is 0 Å². The molecule has 2 unspecified atom stereocenters. The van der Waals surface area contributed by atoms with Gasteiger partial charge in [0.2, 0.25) is 0 Å². The van der Waals surface area contributed by atoms with Crippen LogP contribution in [-0.4, -0.2) is 25.4 Å². The third-order valence-electron chi connectivity index (χ3n) is 5.88. The van der Waals surface area contributed by atoms with Crippen molar-refractivity contribution in [2.45, 2.75) is 63.5 Å². The van der Waals surface area contributed by atoms with Crippen LogP contribution in [0.2, 0.25) is 0 Å². The van der Waals surface area contributed by atoms with Gasteiger partial charge in [0.25, 0.3) is 0 Å². The molecule has 0 aliphatic heterocycles. The Morgan fingerprint density at radius 1 is 1.29 bits per heavy atom. The number of aliphatic hydroxyl groups is 1. The van der Waals surface area contributed by atoms with E-state index >= 15 is 0 Å². The molecule has 6 heteroatoms. The lowest BCUT2D eigenvalue weighted by molar-refractivity contribution is -0.386. The maximum atomic E-state index is 11.2. The highest BCUT2D eigenvalue weighted by molar-refractivity contribution is 5.40. The fourth-order valence-electron chi connectivity index (χ4n) is 5.77. The van der Waals surface area contributed by atoms with Crippen LogP contribution in [0.15, 0.2) is 0 Å². The Morgan fingerprint density at radius 3 is 2.38 bits per heavy atom. The van der Waals surface area contributed by atoms with Gasteiger partial charge in [0.05, 0.1) is 16.1 Å². The van der Waals surface area contributed by atoms with Gasteiger partial charge in [-0.15, -0.1) is 0 Å². The summed E-state index contributed by atoms with van der Waals surface area (Å²) in [6.07, 6.45) is 5.70. The molecule has 0 radical (unpaired) electrons. The summed E-state index contributed by atoms with van der Waals surface area (Å²) >= 11 is 0. The molecule has 1 heterocycles. The zero-order valence-electron chi connectivity index (χ0n) is 12.5. The molecule has 4 aliphatic carbocycles. The summed E-state index contributed by atoms with van der Waals surface area (Å²) in [5.41, 5.74) is 0.480. The summed E-state index contributed by atoms with van der Waals surface area (Å²) in [5, 5.41) is 26.6. The number of nitro groups is 1. The van der Waals surface area contributed by atoms with E-state index in [1.807, 2.05) is 4.68 Å². The van der Waals surface area contributed by atoms with Gasteiger partial charge in [-0.1, -0.05) is 0 Å². The van der Waals surface area contributed by atoms with Crippen LogP contribution in [0.5, 0.6) is 0 Å². The van der Waals surface area contributed by atoms with Gasteiger partial charge in [-0.05, 0) is 57.8 Å². The number of aryl methyl sites for hydroxylation is 1. The van der Waals surface area contributed by atoms with Gasteiger partial charge in [0.15, 0.2) is 0 Å². The van der Waals surface area contributed by atoms with E-state index in [4.69, 9.17) is 0 Å². The zero-order valence-corrected chi connectivity index (χ0v) is 12.5. The van der Waals surface area contributed by atoms with Crippen molar-refractivity contribution in [1.29, 1.82) is 0 Å². The van der Waals surface area contributed by atoms with Crippen molar-refractivity contribution >= 4 is 5.69 Å². The van der Waals surface area contributed by atoms with Crippen LogP contribution >= 0.6 is 0 Å². The highest BCUT2D eigenvalue weighted by Crippen LogP contribution is 2.60. The molecule has 1 N–H and O–H groups in total. The second-order valence-electron chi connectivity index (χ2n) is 7.60. The van der Waals surface area contributed by atoms with E-state index in [0.29, 0.717) is 29.6 Å². The first-order valence-corrected chi connectivity index (χ1v) is 7.75. The Hall–Kier alpha value is -1.43. The smallest absolute Gasteiger partial charge is 0.312 e. The van der Waals surface area contributed by atoms with Crippen LogP contribution in [0.4, 0.5) is 5.69 Å². The molecule has 1 aromatic rings. The van der Waals surface area contributed by atoms with Crippen LogP contribution in [0.3, 0.4) is 0 Å². The molecular formula is C15H21N3O3. The largest absolute Gasteiger partial charge is 0.390 e. The average Bonchev–Trinajstić information content (AvgIpc) is 2.62. The standard InChI is InChI=1S/C15H21N3O3/c1-9-13(18(20)21)10(2)17(16-9)14-4-11-3-12(5-14)7-15(19,6-11)8-14/h11-12,19H,3-8H2,1-2H3. The van der Waals surface area contributed by atoms with Crippen molar-refractivity contribution in [3.05, 3.63) is 21.5 Å². The van der Waals surface area contributed by atoms with Crippen LogP contribution in [0, 0.1) is 35.8 Å². The lowest BCUT2D eigenvalue weighted by Crippen LogP contribution is -2.60. The summed E-state index contributed by atoms with van der Waals surface area (Å²) in [5.74, 6) is 1.08. The second-order valence-corrected chi connectivity index (χ2v) is 7.60. The van der Waals surface area contributed by atoms with Crippen molar-refractivity contribution in [2.75, 3.05) is 0 Å². The van der Waals surface area contributed by atoms with Gasteiger partial charge in [0, 0.05) is 6.42 Å². The van der Waals surface area contributed by atoms with Crippen molar-refractivity contribution in [2.24, 2.45) is 11.8 Å². The molecule has 4 aliphatic rings. The molecule has 0 aromatic carbocycles. The maximum Gasteiger partial charge on any atom is 0.312 e. The molecule has 6 nitrogen and oxygen atoms in total. The van der Waals surface area contributed by atoms with Gasteiger partial charge >= 0.3 is 5.69 Å². The highest BCUT2D eigenvalue weighted by atomic mass is 16.6. The molecule has 5 rings (SSSR count). The Balaban J connectivity index is 1.83. The van der Waals surface area contributed by atoms with Crippen LogP contribution in [-0.2, 0) is 5.54 Å². The molecule has 1 aromatic heterocycles. The number of hydrogen-bond donors (Lipinski definition) is 1. The first-order valence-electron chi connectivity index (χ1n) is 7.75. The summed E-state index contributed by atoms with van der Waals surface area (Å²) < 4.78 is 1.89. The van der Waals surface area contributed by atoms with Crippen LogP contribution in [0.25, 0.3) is 0 Å². The number of nitrogens with zero attached hydrogens (tertiary/aromatic N) is 3. The monoisotopic (exact) mass is 291 g/mol. The summed E-state index contributed by atoms with van der Waals surface area (Å²) in [6, 6.07) is 0. The topological polar surface area (TPSA) is 81.2 Å². The van der Waals surface area contributed by atoms with Gasteiger partial charge in [-0.3, -0.25) is 14.8 Å². The summed E-state index contributed by atoms with van der Waals surface area (Å²) in [7, 11) is 0. The van der Waals surface area contributed by atoms with Crippen molar-refractivity contribution in [1.82, 2.24) is 9.78 Å². The third-order valence-corrected chi connectivity index (χ3v) is 5.88. The second kappa shape index (κ2) is 3.85. The van der Waals surface area contributed by atoms with E-state index in [9.17, 15) is 15.2 Å². The highest BCUT2D eigenvalue weighted by Gasteiger charge is 2.59. The minimum Gasteiger partial charge on any atom is -0.390 e. The maximum absolute atomic E-state index is 11.2. The molecule has 4 bridgehead atoms. The molecule has 0 spiro atoms. The number of rotatable bonds is 2. The average molecular weight is 291 g/mol. The summed E-state index contributed by atoms with van der Waals surface area (Å²) in [6.45, 7) is 3.50. The minimum absolute atomic E-state index is 0.137. The lowest BCUT2D eigenvalue weighted by atomic mass is 9.51. The molecule has 21 heavy (non-hydrogen) atoms. The first kappa shape index (κ1) is 13.2. The Kier molecular flexibility index (Phi) is 2.43. The number of hydrogen-bond acceptors (Lipinski definition) is 4. The summed E-state index contributed by atoms with van der Waals surface area (Å²) in [4.78, 5) is 10.9. The Bertz CT molecular complexity index is 622. The van der Waals surface area contributed by atoms with Crippen molar-refractivity contribution in [3.63, 3.8) is 0 Å². The number of aromatic nitrogens is 2. The molecule has 0 saturated heterocycles. The Morgan fingerprint density at radius 2 is 1.90 bits per heavy atom. The minimum atomic E-state index is -0.578. The molecule has 4 saturated carbocycles. The molecule has 4 fully saturated rings. The lowest BCUT2D eigenvalue weighted by Gasteiger charge is -2.60. The van der Waals surface area contributed by atoms with E-state index in [0.717, 1.165) is 25.7 Å². The predicted molar refractivity (Wildman–Crippen MR) is 76.0 cm³/mol. The zero-order chi connectivity index (χ0) is 15.0. The fourth-order valence-corrected chi connectivity index (χ4v) is 5.77. The van der Waals surface area contributed by atoms with Crippen LogP contribution in [0.1, 0.15) is 49.9 Å². The van der Waals surface area contributed by atoms with Crippen molar-refractivity contribution in [3.8, 4) is 0 Å². The third kappa shape index (κ3) is 1.71. The fraction of sp³-hybridized carbons (Fsp3) is 0.800. The van der Waals surface area contributed by atoms with E-state index in [2.05, 4.69) is 5.10 Å². The quantitative estimate of drug-likeness (QED) is 0.670. The van der Waals surface area contributed by atoms with E-state index in [1.54, 1.807) is 13.8 Å². The first-order chi connectivity index (χ1) is 9.82. The van der Waals surface area contributed by atoms with E-state index in [1.165, 1.54) is 6.42 Å². The molecule has 2 atom stereocenters. The molecule has 114 valence electrons. The van der Waals surface area contributed by atoms with Gasteiger partial charge in [-0.25, -0.2) is 0 Å². The van der Waals surface area contributed by atoms with E-state index < -0.39 is 5.60 Å². The normalized spacial score (nSPS) is 40.7. The SMILES string of the molecule is Cc1nn(C23CC4CC(CC(O)(C4)C2)C3)c(C)c1[N+](=O)[O-]. The molecular weight excluding hydrogens is 270 g/mol. The Labute approximate surface area is 123 Å². The van der Waals surface area contributed by atoms with Crippen molar-refractivity contribution < 1.29 is 10.0 Å². The predicted octanol–water partition coefficient (Wildman–Crippen LogP) is 2.45. The van der Waals surface area contributed by atoms with Gasteiger partial charge < -0.3 is 5.11 Å². The van der Waals surface area contributed by atoms with E-state index in [-0.39, 0.29) is 16.1 Å². The molecule has 0 amide bonds.